The minimum absolute atomic E-state index is 0.362. The summed E-state index contributed by atoms with van der Waals surface area (Å²) < 4.78 is 9.80. The number of ether oxygens (including phenoxy) is 2. The van der Waals surface area contributed by atoms with Crippen molar-refractivity contribution >= 4 is 5.97 Å². The van der Waals surface area contributed by atoms with Crippen molar-refractivity contribution in [2.75, 3.05) is 13.2 Å². The Morgan fingerprint density at radius 1 is 1.25 bits per heavy atom. The number of carboxylic acid groups (broad SMARTS) is 1. The van der Waals surface area contributed by atoms with Crippen LogP contribution in [-0.2, 0) is 14.3 Å². The van der Waals surface area contributed by atoms with Gasteiger partial charge in [-0.15, -0.1) is 0 Å². The van der Waals surface area contributed by atoms with Gasteiger partial charge in [-0.1, -0.05) is 0 Å². The van der Waals surface area contributed by atoms with Crippen molar-refractivity contribution in [1.29, 1.82) is 0 Å². The van der Waals surface area contributed by atoms with E-state index in [1.165, 1.54) is 0 Å². The molecule has 7 atom stereocenters. The fraction of sp³-hybridized carbons (Fsp3) is 0.900. The van der Waals surface area contributed by atoms with E-state index >= 15 is 0 Å². The lowest BCUT2D eigenvalue weighted by Crippen LogP contribution is -2.56. The van der Waals surface area contributed by atoms with E-state index in [1.807, 2.05) is 0 Å². The highest BCUT2D eigenvalue weighted by Gasteiger charge is 2.41. The quantitative estimate of drug-likeness (QED) is 0.253. The number of carboxylic acids is 1. The second kappa shape index (κ2) is 7.24. The zero-order chi connectivity index (χ0) is 15.4. The molecule has 0 aromatic heterocycles. The van der Waals surface area contributed by atoms with Gasteiger partial charge in [-0.25, -0.2) is 4.79 Å². The smallest absolute Gasteiger partial charge is 0.335 e. The van der Waals surface area contributed by atoms with Crippen molar-refractivity contribution in [3.05, 3.63) is 0 Å². The average molecular weight is 298 g/mol. The number of aliphatic carboxylic acids is 1. The summed E-state index contributed by atoms with van der Waals surface area (Å²) in [4.78, 5) is 10.5. The number of aliphatic hydroxyl groups is 6. The van der Waals surface area contributed by atoms with E-state index in [0.29, 0.717) is 0 Å². The maximum atomic E-state index is 10.5. The molecule has 7 N–H and O–H groups in total. The Morgan fingerprint density at radius 3 is 2.35 bits per heavy atom. The topological polar surface area (TPSA) is 177 Å². The van der Waals surface area contributed by atoms with Crippen LogP contribution in [0, 0.1) is 0 Å². The second-order valence-corrected chi connectivity index (χ2v) is 4.38. The minimum Gasteiger partial charge on any atom is -0.479 e. The van der Waals surface area contributed by atoms with Gasteiger partial charge in [0, 0.05) is 0 Å². The summed E-state index contributed by atoms with van der Waals surface area (Å²) in [6.07, 6.45) is -11.8. The average Bonchev–Trinajstić information content (AvgIpc) is 2.42. The highest BCUT2D eigenvalue weighted by atomic mass is 16.7. The van der Waals surface area contributed by atoms with E-state index < -0.39 is 55.5 Å². The number of hydrogen-bond donors (Lipinski definition) is 7. The van der Waals surface area contributed by atoms with Crippen LogP contribution in [0.1, 0.15) is 0 Å². The third kappa shape index (κ3) is 3.84. The number of rotatable bonds is 6. The zero-order valence-corrected chi connectivity index (χ0v) is 10.3. The highest BCUT2D eigenvalue weighted by Crippen LogP contribution is 2.19. The highest BCUT2D eigenvalue weighted by molar-refractivity contribution is 5.72. The predicted octanol–water partition coefficient (Wildman–Crippen LogP) is -4.39. The predicted molar refractivity (Wildman–Crippen MR) is 59.4 cm³/mol. The molecular weight excluding hydrogens is 280 g/mol. The molecule has 1 saturated heterocycles. The lowest BCUT2D eigenvalue weighted by Gasteiger charge is -2.37. The molecule has 10 nitrogen and oxygen atoms in total. The summed E-state index contributed by atoms with van der Waals surface area (Å²) in [6, 6.07) is 0. The van der Waals surface area contributed by atoms with E-state index in [0.717, 1.165) is 0 Å². The van der Waals surface area contributed by atoms with Gasteiger partial charge in [0.2, 0.25) is 0 Å². The minimum atomic E-state index is -2.21. The largest absolute Gasteiger partial charge is 0.479 e. The maximum absolute atomic E-state index is 10.5. The summed E-state index contributed by atoms with van der Waals surface area (Å²) in [7, 11) is 0. The summed E-state index contributed by atoms with van der Waals surface area (Å²) in [5.74, 6) is -1.72. The molecule has 10 heteroatoms. The lowest BCUT2D eigenvalue weighted by atomic mass is 10.0. The Labute approximate surface area is 113 Å². The van der Waals surface area contributed by atoms with Crippen LogP contribution in [0.4, 0.5) is 0 Å². The van der Waals surface area contributed by atoms with Gasteiger partial charge in [0.1, 0.15) is 30.5 Å². The van der Waals surface area contributed by atoms with E-state index in [4.69, 9.17) is 24.8 Å². The first kappa shape index (κ1) is 17.2. The molecule has 0 spiro atoms. The van der Waals surface area contributed by atoms with Crippen LogP contribution in [0.5, 0.6) is 0 Å². The normalized spacial score (nSPS) is 35.3. The molecule has 1 aliphatic heterocycles. The van der Waals surface area contributed by atoms with Crippen molar-refractivity contribution in [1.82, 2.24) is 0 Å². The molecule has 0 saturated carbocycles. The molecule has 118 valence electrons. The number of aliphatic hydroxyl groups excluding tert-OH is 6. The van der Waals surface area contributed by atoms with Crippen LogP contribution in [0.3, 0.4) is 0 Å². The van der Waals surface area contributed by atoms with Crippen molar-refractivity contribution in [3.63, 3.8) is 0 Å². The summed E-state index contributed by atoms with van der Waals surface area (Å²) in [5.41, 5.74) is 0. The Morgan fingerprint density at radius 2 is 1.85 bits per heavy atom. The molecule has 1 heterocycles. The van der Waals surface area contributed by atoms with Gasteiger partial charge < -0.3 is 45.2 Å². The maximum Gasteiger partial charge on any atom is 0.335 e. The van der Waals surface area contributed by atoms with E-state index in [2.05, 4.69) is 0 Å². The van der Waals surface area contributed by atoms with Crippen LogP contribution in [-0.4, -0.2) is 97.8 Å². The SMILES string of the molecule is O=C(O)[C@H](O)[C@@H](O)[C@@H](CO)O[C@@H]1OC[C@@H](O)[C@H](O)[C@H]1O. The Balaban J connectivity index is 2.66. The molecule has 0 unspecified atom stereocenters. The van der Waals surface area contributed by atoms with Crippen LogP contribution in [0.2, 0.25) is 0 Å². The van der Waals surface area contributed by atoms with Crippen molar-refractivity contribution < 1.29 is 50.0 Å². The van der Waals surface area contributed by atoms with E-state index in [1.54, 1.807) is 0 Å². The molecular formula is C10H18O10. The molecule has 1 rings (SSSR count). The summed E-state index contributed by atoms with van der Waals surface area (Å²) in [6.45, 7) is -1.23. The first-order chi connectivity index (χ1) is 9.29. The lowest BCUT2D eigenvalue weighted by molar-refractivity contribution is -0.295. The molecule has 0 aromatic carbocycles. The van der Waals surface area contributed by atoms with Gasteiger partial charge in [0.15, 0.2) is 12.4 Å². The molecule has 0 amide bonds. The molecule has 0 aliphatic carbocycles. The van der Waals surface area contributed by atoms with Gasteiger partial charge in [-0.05, 0) is 0 Å². The summed E-state index contributed by atoms with van der Waals surface area (Å²) >= 11 is 0. The van der Waals surface area contributed by atoms with E-state index in [9.17, 15) is 25.2 Å². The number of carbonyl (C=O) groups is 1. The monoisotopic (exact) mass is 298 g/mol. The Bertz CT molecular complexity index is 323. The van der Waals surface area contributed by atoms with Crippen molar-refractivity contribution in [3.8, 4) is 0 Å². The van der Waals surface area contributed by atoms with Crippen LogP contribution < -0.4 is 0 Å². The van der Waals surface area contributed by atoms with Crippen LogP contribution in [0.15, 0.2) is 0 Å². The first-order valence-corrected chi connectivity index (χ1v) is 5.80. The Kier molecular flexibility index (Phi) is 6.23. The van der Waals surface area contributed by atoms with Gasteiger partial charge >= 0.3 is 5.97 Å². The third-order valence-corrected chi connectivity index (χ3v) is 2.90. The van der Waals surface area contributed by atoms with Gasteiger partial charge in [-0.3, -0.25) is 0 Å². The molecule has 1 fully saturated rings. The van der Waals surface area contributed by atoms with Crippen LogP contribution >= 0.6 is 0 Å². The van der Waals surface area contributed by atoms with Crippen molar-refractivity contribution in [2.45, 2.75) is 42.9 Å². The van der Waals surface area contributed by atoms with E-state index in [-0.39, 0.29) is 6.61 Å². The fourth-order valence-electron chi connectivity index (χ4n) is 1.65. The van der Waals surface area contributed by atoms with Crippen molar-refractivity contribution in [2.24, 2.45) is 0 Å². The molecule has 20 heavy (non-hydrogen) atoms. The fourth-order valence-corrected chi connectivity index (χ4v) is 1.65. The van der Waals surface area contributed by atoms with Crippen LogP contribution in [0.25, 0.3) is 0 Å². The van der Waals surface area contributed by atoms with Gasteiger partial charge in [0.05, 0.1) is 13.2 Å². The van der Waals surface area contributed by atoms with Gasteiger partial charge in [-0.2, -0.15) is 0 Å². The third-order valence-electron chi connectivity index (χ3n) is 2.90. The standard InChI is InChI=1S/C10H18O10/c11-1-4(6(14)7(15)9(17)18)20-10-8(16)5(13)3(12)2-19-10/h3-8,10-16H,1-2H2,(H,17,18)/t3-,4-,5+,6+,7-,8-,10+/m1/s1. The van der Waals surface area contributed by atoms with Gasteiger partial charge in [0.25, 0.3) is 0 Å². The zero-order valence-electron chi connectivity index (χ0n) is 10.3. The molecule has 0 aromatic rings. The molecule has 0 radical (unpaired) electrons. The first-order valence-electron chi connectivity index (χ1n) is 5.80. The summed E-state index contributed by atoms with van der Waals surface area (Å²) in [5, 5.41) is 64.4. The number of hydrogen-bond acceptors (Lipinski definition) is 9. The molecule has 1 aliphatic rings. The molecule has 0 bridgehead atoms. The Hall–Kier alpha value is -0.850. The second-order valence-electron chi connectivity index (χ2n) is 4.38.